The lowest BCUT2D eigenvalue weighted by Crippen LogP contribution is -2.45. The SMILES string of the molecule is CSn1ccc(NC(=O)Cc2cc3nc(-c4cccc(N5CC(C)OC(C)C5)n4)ccc3cn2)c1. The van der Waals surface area contributed by atoms with Crippen LogP contribution >= 0.6 is 11.9 Å². The van der Waals surface area contributed by atoms with E-state index in [0.29, 0.717) is 5.69 Å². The van der Waals surface area contributed by atoms with E-state index in [4.69, 9.17) is 14.7 Å². The Hall–Kier alpha value is -3.43. The van der Waals surface area contributed by atoms with Crippen molar-refractivity contribution in [2.45, 2.75) is 32.5 Å². The molecule has 5 heterocycles. The second kappa shape index (κ2) is 10.1. The van der Waals surface area contributed by atoms with E-state index in [1.165, 1.54) is 0 Å². The molecule has 0 aromatic carbocycles. The zero-order chi connectivity index (χ0) is 24.4. The van der Waals surface area contributed by atoms with Gasteiger partial charge in [0.05, 0.1) is 46.9 Å². The second-order valence-corrected chi connectivity index (χ2v) is 9.56. The molecule has 1 aliphatic heterocycles. The summed E-state index contributed by atoms with van der Waals surface area (Å²) in [7, 11) is 0. The number of nitrogens with zero attached hydrogens (tertiary/aromatic N) is 5. The molecule has 35 heavy (non-hydrogen) atoms. The molecule has 9 heteroatoms. The summed E-state index contributed by atoms with van der Waals surface area (Å²) >= 11 is 1.56. The van der Waals surface area contributed by atoms with E-state index >= 15 is 0 Å². The van der Waals surface area contributed by atoms with Crippen LogP contribution in [0.2, 0.25) is 0 Å². The Balaban J connectivity index is 1.35. The molecule has 2 atom stereocenters. The molecule has 4 aromatic heterocycles. The summed E-state index contributed by atoms with van der Waals surface area (Å²) in [5, 5.41) is 3.84. The summed E-state index contributed by atoms with van der Waals surface area (Å²) in [6.07, 6.45) is 8.02. The molecule has 0 radical (unpaired) electrons. The summed E-state index contributed by atoms with van der Waals surface area (Å²) < 4.78 is 7.79. The van der Waals surface area contributed by atoms with Crippen molar-refractivity contribution in [1.29, 1.82) is 0 Å². The van der Waals surface area contributed by atoms with Crippen LogP contribution in [0.3, 0.4) is 0 Å². The number of ether oxygens (including phenoxy) is 1. The van der Waals surface area contributed by atoms with Gasteiger partial charge in [-0.25, -0.2) is 9.97 Å². The van der Waals surface area contributed by atoms with Gasteiger partial charge >= 0.3 is 0 Å². The van der Waals surface area contributed by atoms with Gasteiger partial charge in [-0.3, -0.25) is 13.8 Å². The molecule has 0 bridgehead atoms. The lowest BCUT2D eigenvalue weighted by Gasteiger charge is -2.36. The average molecular weight is 489 g/mol. The number of carbonyl (C=O) groups is 1. The maximum absolute atomic E-state index is 12.5. The largest absolute Gasteiger partial charge is 0.372 e. The van der Waals surface area contributed by atoms with Gasteiger partial charge < -0.3 is 15.0 Å². The number of nitrogens with one attached hydrogen (secondary N) is 1. The number of anilines is 2. The smallest absolute Gasteiger partial charge is 0.230 e. The minimum Gasteiger partial charge on any atom is -0.372 e. The van der Waals surface area contributed by atoms with Crippen LogP contribution in [0.4, 0.5) is 11.5 Å². The van der Waals surface area contributed by atoms with Crippen LogP contribution in [0.15, 0.2) is 61.1 Å². The quantitative estimate of drug-likeness (QED) is 0.430. The van der Waals surface area contributed by atoms with E-state index < -0.39 is 0 Å². The number of carbonyl (C=O) groups excluding carboxylic acids is 1. The van der Waals surface area contributed by atoms with E-state index in [-0.39, 0.29) is 24.5 Å². The van der Waals surface area contributed by atoms with Crippen molar-refractivity contribution in [2.24, 2.45) is 0 Å². The molecule has 5 rings (SSSR count). The van der Waals surface area contributed by atoms with Gasteiger partial charge in [0.2, 0.25) is 5.91 Å². The van der Waals surface area contributed by atoms with Crippen molar-refractivity contribution in [1.82, 2.24) is 18.9 Å². The van der Waals surface area contributed by atoms with Crippen molar-refractivity contribution < 1.29 is 9.53 Å². The van der Waals surface area contributed by atoms with Gasteiger partial charge in [-0.1, -0.05) is 6.07 Å². The van der Waals surface area contributed by atoms with Gasteiger partial charge in [0.15, 0.2) is 0 Å². The number of amides is 1. The Morgan fingerprint density at radius 3 is 2.69 bits per heavy atom. The summed E-state index contributed by atoms with van der Waals surface area (Å²) in [4.78, 5) is 29.0. The topological polar surface area (TPSA) is 85.2 Å². The molecule has 0 aliphatic carbocycles. The highest BCUT2D eigenvalue weighted by atomic mass is 32.2. The summed E-state index contributed by atoms with van der Waals surface area (Å²) in [6, 6.07) is 13.7. The number of morpholine rings is 1. The molecule has 0 saturated carbocycles. The maximum atomic E-state index is 12.5. The Labute approximate surface area is 208 Å². The molecule has 1 aliphatic rings. The normalized spacial score (nSPS) is 18.1. The average Bonchev–Trinajstić information content (AvgIpc) is 3.30. The highest BCUT2D eigenvalue weighted by Crippen LogP contribution is 2.24. The Bertz CT molecular complexity index is 1350. The lowest BCUT2D eigenvalue weighted by molar-refractivity contribution is -0.115. The van der Waals surface area contributed by atoms with Gasteiger partial charge in [-0.2, -0.15) is 0 Å². The first kappa shape index (κ1) is 23.3. The van der Waals surface area contributed by atoms with Crippen molar-refractivity contribution in [2.75, 3.05) is 29.6 Å². The third-order valence-corrected chi connectivity index (χ3v) is 6.52. The number of pyridine rings is 3. The molecular weight excluding hydrogens is 460 g/mol. The Morgan fingerprint density at radius 2 is 1.91 bits per heavy atom. The van der Waals surface area contributed by atoms with Crippen LogP contribution in [0.5, 0.6) is 0 Å². The van der Waals surface area contributed by atoms with Crippen molar-refractivity contribution in [3.8, 4) is 11.4 Å². The zero-order valence-corrected chi connectivity index (χ0v) is 20.8. The fourth-order valence-corrected chi connectivity index (χ4v) is 4.74. The third-order valence-electron chi connectivity index (χ3n) is 5.87. The van der Waals surface area contributed by atoms with Crippen molar-refractivity contribution in [3.63, 3.8) is 0 Å². The molecular formula is C26H28N6O2S. The van der Waals surface area contributed by atoms with E-state index in [0.717, 1.165) is 46.9 Å². The summed E-state index contributed by atoms with van der Waals surface area (Å²) in [5.74, 6) is 0.809. The predicted molar refractivity (Wildman–Crippen MR) is 141 cm³/mol. The zero-order valence-electron chi connectivity index (χ0n) is 20.0. The van der Waals surface area contributed by atoms with Crippen LogP contribution in [0, 0.1) is 0 Å². The van der Waals surface area contributed by atoms with Crippen molar-refractivity contribution in [3.05, 3.63) is 66.7 Å². The molecule has 1 fully saturated rings. The minimum atomic E-state index is -0.116. The van der Waals surface area contributed by atoms with Gasteiger partial charge in [0.25, 0.3) is 0 Å². The highest BCUT2D eigenvalue weighted by molar-refractivity contribution is 7.97. The molecule has 0 spiro atoms. The fourth-order valence-electron chi connectivity index (χ4n) is 4.34. The van der Waals surface area contributed by atoms with Crippen LogP contribution in [0.1, 0.15) is 19.5 Å². The number of aromatic nitrogens is 4. The molecule has 1 amide bonds. The van der Waals surface area contributed by atoms with Crippen LogP contribution in [0.25, 0.3) is 22.3 Å². The van der Waals surface area contributed by atoms with E-state index in [1.54, 1.807) is 18.1 Å². The Kier molecular flexibility index (Phi) is 6.70. The molecule has 1 saturated heterocycles. The van der Waals surface area contributed by atoms with Gasteiger partial charge in [0.1, 0.15) is 5.82 Å². The second-order valence-electron chi connectivity index (χ2n) is 8.78. The standard InChI is InChI=1S/C26H28N6O2S/c1-17-14-31(15-18(2)34-17)25-6-4-5-22(30-25)23-8-7-19-13-27-21(11-24(19)29-23)12-26(33)28-20-9-10-32(16-20)35-3/h4-11,13,16-18H,12,14-15H2,1-3H3,(H,28,33). The van der Waals surface area contributed by atoms with Crippen LogP contribution < -0.4 is 10.2 Å². The highest BCUT2D eigenvalue weighted by Gasteiger charge is 2.23. The van der Waals surface area contributed by atoms with Gasteiger partial charge in [-0.15, -0.1) is 0 Å². The number of fused-ring (bicyclic) bond motifs is 1. The molecule has 4 aromatic rings. The van der Waals surface area contributed by atoms with Gasteiger partial charge in [0, 0.05) is 43.3 Å². The first-order valence-electron chi connectivity index (χ1n) is 11.6. The van der Waals surface area contributed by atoms with E-state index in [9.17, 15) is 4.79 Å². The summed E-state index contributed by atoms with van der Waals surface area (Å²) in [6.45, 7) is 5.79. The maximum Gasteiger partial charge on any atom is 0.230 e. The summed E-state index contributed by atoms with van der Waals surface area (Å²) in [5.41, 5.74) is 3.82. The minimum absolute atomic E-state index is 0.116. The Morgan fingerprint density at radius 1 is 1.11 bits per heavy atom. The van der Waals surface area contributed by atoms with Gasteiger partial charge in [-0.05, 0) is 62.2 Å². The van der Waals surface area contributed by atoms with Crippen LogP contribution in [-0.2, 0) is 16.0 Å². The van der Waals surface area contributed by atoms with E-state index in [1.807, 2.05) is 65.1 Å². The van der Waals surface area contributed by atoms with Crippen LogP contribution in [-0.4, -0.2) is 56.4 Å². The molecule has 180 valence electrons. The van der Waals surface area contributed by atoms with E-state index in [2.05, 4.69) is 29.0 Å². The third kappa shape index (κ3) is 5.47. The lowest BCUT2D eigenvalue weighted by atomic mass is 10.1. The number of hydrogen-bond acceptors (Lipinski definition) is 7. The number of rotatable bonds is 6. The first-order valence-corrected chi connectivity index (χ1v) is 12.8. The molecule has 2 unspecified atom stereocenters. The molecule has 1 N–H and O–H groups in total. The molecule has 8 nitrogen and oxygen atoms in total. The fraction of sp³-hybridized carbons (Fsp3) is 0.308. The first-order chi connectivity index (χ1) is 17.0. The predicted octanol–water partition coefficient (Wildman–Crippen LogP) is 4.41. The van der Waals surface area contributed by atoms with Crippen molar-refractivity contribution >= 4 is 40.3 Å². The number of hydrogen-bond donors (Lipinski definition) is 1. The monoisotopic (exact) mass is 488 g/mol.